The number of nitrogens with one attached hydrogen (secondary N) is 2. The molecule has 0 fully saturated rings. The molecule has 0 atom stereocenters. The molecule has 3 aromatic rings. The van der Waals surface area contributed by atoms with E-state index < -0.39 is 22.6 Å². The summed E-state index contributed by atoms with van der Waals surface area (Å²) in [6.07, 6.45) is 1.30. The summed E-state index contributed by atoms with van der Waals surface area (Å²) < 4.78 is 21.5. The number of benzene rings is 2. The van der Waals surface area contributed by atoms with E-state index in [0.717, 1.165) is 0 Å². The first kappa shape index (κ1) is 19.2. The normalized spacial score (nSPS) is 11.7. The van der Waals surface area contributed by atoms with E-state index in [-0.39, 0.29) is 22.7 Å². The molecule has 28 heavy (non-hydrogen) atoms. The zero-order chi connectivity index (χ0) is 20.3. The molecule has 0 unspecified atom stereocenters. The molecule has 3 rings (SSSR count). The Hall–Kier alpha value is -3.59. The molecular formula is C19H16N2O6S. The van der Waals surface area contributed by atoms with Gasteiger partial charge in [-0.3, -0.25) is 0 Å². The number of carbonyl (C=O) groups is 2. The highest BCUT2D eigenvalue weighted by molar-refractivity contribution is 7.72. The van der Waals surface area contributed by atoms with Crippen LogP contribution in [-0.4, -0.2) is 41.4 Å². The van der Waals surface area contributed by atoms with Gasteiger partial charge in [0.05, 0.1) is 5.57 Å². The maximum Gasteiger partial charge on any atom is 0.352 e. The monoisotopic (exact) mass is 400 g/mol. The van der Waals surface area contributed by atoms with Crippen LogP contribution in [0.4, 0.5) is 5.69 Å². The number of aromatic carboxylic acids is 1. The summed E-state index contributed by atoms with van der Waals surface area (Å²) in [6, 6.07) is 13.1. The van der Waals surface area contributed by atoms with E-state index in [1.807, 2.05) is 0 Å². The van der Waals surface area contributed by atoms with Crippen molar-refractivity contribution in [3.05, 3.63) is 65.4 Å². The Bertz CT molecular complexity index is 1170. The molecule has 4 N–H and O–H groups in total. The van der Waals surface area contributed by atoms with Crippen LogP contribution in [0.1, 0.15) is 21.6 Å². The Balaban J connectivity index is 2.14. The van der Waals surface area contributed by atoms with Crippen LogP contribution >= 0.6 is 0 Å². The van der Waals surface area contributed by atoms with Crippen molar-refractivity contribution in [3.63, 3.8) is 0 Å². The van der Waals surface area contributed by atoms with Gasteiger partial charge < -0.3 is 20.5 Å². The van der Waals surface area contributed by atoms with Crippen LogP contribution in [0, 0.1) is 0 Å². The van der Waals surface area contributed by atoms with Crippen LogP contribution in [-0.2, 0) is 15.5 Å². The lowest BCUT2D eigenvalue weighted by Crippen LogP contribution is -2.05. The van der Waals surface area contributed by atoms with Crippen molar-refractivity contribution in [2.24, 2.45) is 0 Å². The Kier molecular flexibility index (Phi) is 5.46. The molecule has 0 aliphatic carbocycles. The highest BCUT2D eigenvalue weighted by atomic mass is 32.2. The SMILES string of the molecule is O=C(O)C(=Cc1c(C(=O)O)[nH]c2ccccc12)c1cccc(NC[SH](=O)=O)c1. The number of hydrogen-bond donors (Lipinski definition) is 5. The quantitative estimate of drug-likeness (QED) is 0.303. The topological polar surface area (TPSA) is 137 Å². The summed E-state index contributed by atoms with van der Waals surface area (Å²) in [7, 11) is -2.64. The Morgan fingerprint density at radius 1 is 1.07 bits per heavy atom. The minimum absolute atomic E-state index is 0.113. The smallest absolute Gasteiger partial charge is 0.352 e. The summed E-state index contributed by atoms with van der Waals surface area (Å²) in [5.74, 6) is -2.73. The third kappa shape index (κ3) is 4.04. The second-order valence-corrected chi connectivity index (χ2v) is 6.86. The second-order valence-electron chi connectivity index (χ2n) is 5.88. The van der Waals surface area contributed by atoms with Crippen molar-refractivity contribution in [1.82, 2.24) is 4.98 Å². The molecule has 0 amide bonds. The molecule has 144 valence electrons. The first-order valence-electron chi connectivity index (χ1n) is 8.12. The van der Waals surface area contributed by atoms with Crippen LogP contribution in [0.3, 0.4) is 0 Å². The minimum Gasteiger partial charge on any atom is -0.478 e. The molecule has 0 saturated heterocycles. The van der Waals surface area contributed by atoms with E-state index in [2.05, 4.69) is 10.3 Å². The number of carboxylic acid groups (broad SMARTS) is 2. The number of aromatic amines is 1. The number of rotatable bonds is 7. The number of thiol groups is 1. The lowest BCUT2D eigenvalue weighted by molar-refractivity contribution is -0.130. The molecule has 2 aromatic carbocycles. The van der Waals surface area contributed by atoms with Gasteiger partial charge in [-0.25, -0.2) is 18.0 Å². The molecule has 0 radical (unpaired) electrons. The van der Waals surface area contributed by atoms with Gasteiger partial charge in [0.15, 0.2) is 10.7 Å². The van der Waals surface area contributed by atoms with Gasteiger partial charge in [-0.2, -0.15) is 0 Å². The van der Waals surface area contributed by atoms with Gasteiger partial charge >= 0.3 is 11.9 Å². The maximum atomic E-state index is 11.9. The Morgan fingerprint density at radius 2 is 1.82 bits per heavy atom. The van der Waals surface area contributed by atoms with E-state index in [4.69, 9.17) is 0 Å². The van der Waals surface area contributed by atoms with Crippen molar-refractivity contribution in [2.75, 3.05) is 11.2 Å². The number of aromatic nitrogens is 1. The van der Waals surface area contributed by atoms with Gasteiger partial charge in [-0.15, -0.1) is 0 Å². The van der Waals surface area contributed by atoms with Crippen LogP contribution in [0.2, 0.25) is 0 Å². The average molecular weight is 400 g/mol. The number of anilines is 1. The minimum atomic E-state index is -2.64. The van der Waals surface area contributed by atoms with Crippen LogP contribution in [0.15, 0.2) is 48.5 Å². The van der Waals surface area contributed by atoms with Crippen LogP contribution < -0.4 is 5.32 Å². The summed E-state index contributed by atoms with van der Waals surface area (Å²) >= 11 is 0. The largest absolute Gasteiger partial charge is 0.478 e. The van der Waals surface area contributed by atoms with Gasteiger partial charge in [0.1, 0.15) is 11.6 Å². The summed E-state index contributed by atoms with van der Waals surface area (Å²) in [5, 5.41) is 22.4. The van der Waals surface area contributed by atoms with E-state index in [0.29, 0.717) is 22.2 Å². The average Bonchev–Trinajstić information content (AvgIpc) is 3.03. The first-order valence-corrected chi connectivity index (χ1v) is 9.48. The highest BCUT2D eigenvalue weighted by Crippen LogP contribution is 2.28. The lowest BCUT2D eigenvalue weighted by atomic mass is 10.0. The molecule has 0 spiro atoms. The zero-order valence-corrected chi connectivity index (χ0v) is 15.3. The number of H-pyrrole nitrogens is 1. The number of para-hydroxylation sites is 1. The highest BCUT2D eigenvalue weighted by Gasteiger charge is 2.19. The van der Waals surface area contributed by atoms with E-state index in [1.54, 1.807) is 42.5 Å². The lowest BCUT2D eigenvalue weighted by Gasteiger charge is -2.07. The third-order valence-corrected chi connectivity index (χ3v) is 4.48. The molecular weight excluding hydrogens is 384 g/mol. The van der Waals surface area contributed by atoms with Crippen molar-refractivity contribution >= 4 is 50.9 Å². The van der Waals surface area contributed by atoms with Gasteiger partial charge in [-0.05, 0) is 29.8 Å². The molecule has 0 saturated carbocycles. The summed E-state index contributed by atoms with van der Waals surface area (Å²) in [6.45, 7) is 0. The molecule has 0 aliphatic heterocycles. The zero-order valence-electron chi connectivity index (χ0n) is 14.4. The Labute approximate surface area is 161 Å². The van der Waals surface area contributed by atoms with Gasteiger partial charge in [0, 0.05) is 22.2 Å². The van der Waals surface area contributed by atoms with Gasteiger partial charge in [0.2, 0.25) is 0 Å². The molecule has 8 nitrogen and oxygen atoms in total. The standard InChI is InChI=1S/C19H16N2O6S/c22-18(23)14(11-4-3-5-12(8-11)20-10-28(26)27)9-15-13-6-1-2-7-16(13)21-17(15)19(24)25/h1-9,20-21,28H,10H2,(H,22,23)(H,24,25). The number of aliphatic carboxylic acids is 1. The Morgan fingerprint density at radius 3 is 2.50 bits per heavy atom. The third-order valence-electron chi connectivity index (χ3n) is 4.07. The van der Waals surface area contributed by atoms with Crippen molar-refractivity contribution in [1.29, 1.82) is 0 Å². The molecule has 0 aliphatic rings. The second kappa shape index (κ2) is 7.97. The number of hydrogen-bond acceptors (Lipinski definition) is 5. The number of fused-ring (bicyclic) bond motifs is 1. The maximum absolute atomic E-state index is 11.9. The summed E-state index contributed by atoms with van der Waals surface area (Å²) in [5.41, 5.74) is 1.33. The fourth-order valence-electron chi connectivity index (χ4n) is 2.85. The van der Waals surface area contributed by atoms with E-state index in [9.17, 15) is 28.2 Å². The van der Waals surface area contributed by atoms with E-state index in [1.165, 1.54) is 12.1 Å². The van der Waals surface area contributed by atoms with E-state index >= 15 is 0 Å². The molecule has 9 heteroatoms. The fourth-order valence-corrected chi connectivity index (χ4v) is 3.16. The van der Waals surface area contributed by atoms with Gasteiger partial charge in [0.25, 0.3) is 0 Å². The van der Waals surface area contributed by atoms with Crippen molar-refractivity contribution < 1.29 is 28.2 Å². The van der Waals surface area contributed by atoms with Crippen LogP contribution in [0.5, 0.6) is 0 Å². The van der Waals surface area contributed by atoms with Crippen molar-refractivity contribution in [3.8, 4) is 0 Å². The van der Waals surface area contributed by atoms with Gasteiger partial charge in [-0.1, -0.05) is 30.3 Å². The van der Waals surface area contributed by atoms with Crippen molar-refractivity contribution in [2.45, 2.75) is 0 Å². The number of carboxylic acids is 2. The molecule has 1 heterocycles. The van der Waals surface area contributed by atoms with Crippen LogP contribution in [0.25, 0.3) is 22.6 Å². The fraction of sp³-hybridized carbons (Fsp3) is 0.0526. The predicted octanol–water partition coefficient (Wildman–Crippen LogP) is 2.47. The molecule has 0 bridgehead atoms. The first-order chi connectivity index (χ1) is 13.4. The summed E-state index contributed by atoms with van der Waals surface area (Å²) in [4.78, 5) is 26.3. The molecule has 1 aromatic heterocycles. The predicted molar refractivity (Wildman–Crippen MR) is 106 cm³/mol.